The molecule has 1 aromatic rings. The second kappa shape index (κ2) is 2.55. The second-order valence-electron chi connectivity index (χ2n) is 1.41. The maximum absolute atomic E-state index is 8.00. The zero-order valence-corrected chi connectivity index (χ0v) is 5.17. The molecule has 0 spiro atoms. The minimum Gasteiger partial charge on any atom is -0.462 e. The molecule has 0 aliphatic rings. The highest BCUT2D eigenvalue weighted by molar-refractivity contribution is 6.30. The van der Waals surface area contributed by atoms with Crippen molar-refractivity contribution in [2.75, 3.05) is 0 Å². The lowest BCUT2D eigenvalue weighted by atomic mass is 10.5. The van der Waals surface area contributed by atoms with Gasteiger partial charge in [0.1, 0.15) is 18.2 Å². The van der Waals surface area contributed by atoms with Gasteiger partial charge in [-0.1, -0.05) is 16.8 Å². The first-order valence-electron chi connectivity index (χ1n) is 2.24. The van der Waals surface area contributed by atoms with Crippen molar-refractivity contribution in [1.82, 2.24) is 0 Å². The van der Waals surface area contributed by atoms with Crippen LogP contribution in [0.4, 0.5) is 0 Å². The SMILES string of the molecule is O/N=C/c1cc(Cl)co1. The van der Waals surface area contributed by atoms with Gasteiger partial charge in [0.05, 0.1) is 5.02 Å². The van der Waals surface area contributed by atoms with Gasteiger partial charge in [0.25, 0.3) is 0 Å². The summed E-state index contributed by atoms with van der Waals surface area (Å²) < 4.78 is 4.76. The summed E-state index contributed by atoms with van der Waals surface area (Å²) in [6.07, 6.45) is 2.52. The van der Waals surface area contributed by atoms with Crippen molar-refractivity contribution in [2.24, 2.45) is 5.16 Å². The number of halogens is 1. The summed E-state index contributed by atoms with van der Waals surface area (Å²) in [4.78, 5) is 0. The maximum Gasteiger partial charge on any atom is 0.149 e. The van der Waals surface area contributed by atoms with E-state index in [4.69, 9.17) is 21.2 Å². The highest BCUT2D eigenvalue weighted by Gasteiger charge is 1.93. The number of hydrogen-bond donors (Lipinski definition) is 1. The topological polar surface area (TPSA) is 45.7 Å². The Morgan fingerprint density at radius 2 is 2.56 bits per heavy atom. The molecule has 0 bridgehead atoms. The molecule has 0 radical (unpaired) electrons. The van der Waals surface area contributed by atoms with Gasteiger partial charge in [-0.2, -0.15) is 0 Å². The lowest BCUT2D eigenvalue weighted by molar-refractivity contribution is 0.320. The quantitative estimate of drug-likeness (QED) is 0.372. The molecular formula is C5H4ClNO2. The van der Waals surface area contributed by atoms with Crippen LogP contribution in [0.1, 0.15) is 5.76 Å². The maximum atomic E-state index is 8.00. The van der Waals surface area contributed by atoms with Crippen LogP contribution in [0.25, 0.3) is 0 Å². The molecule has 0 fully saturated rings. The zero-order valence-electron chi connectivity index (χ0n) is 4.41. The van der Waals surface area contributed by atoms with Crippen LogP contribution in [-0.2, 0) is 0 Å². The van der Waals surface area contributed by atoms with Crippen molar-refractivity contribution in [3.63, 3.8) is 0 Å². The van der Waals surface area contributed by atoms with Gasteiger partial charge in [0, 0.05) is 6.07 Å². The minimum atomic E-state index is 0.433. The Kier molecular flexibility index (Phi) is 1.75. The van der Waals surface area contributed by atoms with Gasteiger partial charge in [0.15, 0.2) is 0 Å². The van der Waals surface area contributed by atoms with Gasteiger partial charge in [0.2, 0.25) is 0 Å². The molecule has 0 amide bonds. The van der Waals surface area contributed by atoms with Crippen LogP contribution < -0.4 is 0 Å². The Labute approximate surface area is 56.5 Å². The molecule has 9 heavy (non-hydrogen) atoms. The average Bonchev–Trinajstić information content (AvgIpc) is 2.17. The molecule has 4 heteroatoms. The van der Waals surface area contributed by atoms with Crippen molar-refractivity contribution in [1.29, 1.82) is 0 Å². The third kappa shape index (κ3) is 1.47. The molecule has 0 aliphatic carbocycles. The Balaban J connectivity index is 2.85. The van der Waals surface area contributed by atoms with E-state index in [1.54, 1.807) is 6.07 Å². The zero-order chi connectivity index (χ0) is 6.69. The molecule has 0 atom stereocenters. The summed E-state index contributed by atoms with van der Waals surface area (Å²) in [6, 6.07) is 1.54. The monoisotopic (exact) mass is 145 g/mol. The number of hydrogen-bond acceptors (Lipinski definition) is 3. The summed E-state index contributed by atoms with van der Waals surface area (Å²) in [6.45, 7) is 0. The van der Waals surface area contributed by atoms with Gasteiger partial charge in [-0.05, 0) is 0 Å². The van der Waals surface area contributed by atoms with Crippen LogP contribution in [0.5, 0.6) is 0 Å². The summed E-state index contributed by atoms with van der Waals surface area (Å²) in [5.41, 5.74) is 0. The van der Waals surface area contributed by atoms with Crippen molar-refractivity contribution >= 4 is 17.8 Å². The van der Waals surface area contributed by atoms with Gasteiger partial charge < -0.3 is 9.62 Å². The second-order valence-corrected chi connectivity index (χ2v) is 1.85. The largest absolute Gasteiger partial charge is 0.462 e. The highest BCUT2D eigenvalue weighted by Crippen LogP contribution is 2.10. The van der Waals surface area contributed by atoms with E-state index in [0.29, 0.717) is 10.8 Å². The first-order valence-corrected chi connectivity index (χ1v) is 2.62. The molecule has 1 heterocycles. The average molecular weight is 146 g/mol. The van der Waals surface area contributed by atoms with E-state index in [2.05, 4.69) is 5.16 Å². The molecule has 0 aliphatic heterocycles. The first kappa shape index (κ1) is 6.16. The Hall–Kier alpha value is -0.960. The number of oxime groups is 1. The molecular weight excluding hydrogens is 142 g/mol. The van der Waals surface area contributed by atoms with Gasteiger partial charge >= 0.3 is 0 Å². The number of nitrogens with zero attached hydrogens (tertiary/aromatic N) is 1. The third-order valence-electron chi connectivity index (χ3n) is 0.773. The molecule has 0 unspecified atom stereocenters. The molecule has 3 nitrogen and oxygen atoms in total. The standard InChI is InChI=1S/C5H4ClNO2/c6-4-1-5(2-7-8)9-3-4/h1-3,8H/b7-2+. The Morgan fingerprint density at radius 1 is 1.78 bits per heavy atom. The van der Waals surface area contributed by atoms with Crippen molar-refractivity contribution in [3.8, 4) is 0 Å². The van der Waals surface area contributed by atoms with E-state index < -0.39 is 0 Å². The van der Waals surface area contributed by atoms with E-state index in [0.717, 1.165) is 6.21 Å². The van der Waals surface area contributed by atoms with Gasteiger partial charge in [-0.3, -0.25) is 0 Å². The van der Waals surface area contributed by atoms with Crippen LogP contribution in [0.2, 0.25) is 5.02 Å². The van der Waals surface area contributed by atoms with Crippen LogP contribution in [0.15, 0.2) is 21.9 Å². The van der Waals surface area contributed by atoms with E-state index in [1.165, 1.54) is 6.26 Å². The molecule has 0 aromatic carbocycles. The Morgan fingerprint density at radius 3 is 3.00 bits per heavy atom. The van der Waals surface area contributed by atoms with Crippen molar-refractivity contribution < 1.29 is 9.62 Å². The van der Waals surface area contributed by atoms with E-state index >= 15 is 0 Å². The van der Waals surface area contributed by atoms with Crippen LogP contribution in [-0.4, -0.2) is 11.4 Å². The fourth-order valence-electron chi connectivity index (χ4n) is 0.453. The highest BCUT2D eigenvalue weighted by atomic mass is 35.5. The summed E-state index contributed by atoms with van der Waals surface area (Å²) in [5.74, 6) is 0.433. The lowest BCUT2D eigenvalue weighted by Crippen LogP contribution is -1.70. The van der Waals surface area contributed by atoms with Crippen LogP contribution >= 0.6 is 11.6 Å². The molecule has 1 aromatic heterocycles. The first-order chi connectivity index (χ1) is 4.33. The molecule has 48 valence electrons. The summed E-state index contributed by atoms with van der Waals surface area (Å²) in [5, 5.41) is 11.2. The number of furan rings is 1. The smallest absolute Gasteiger partial charge is 0.149 e. The van der Waals surface area contributed by atoms with Crippen LogP contribution in [0.3, 0.4) is 0 Å². The summed E-state index contributed by atoms with van der Waals surface area (Å²) in [7, 11) is 0. The molecule has 1 rings (SSSR count). The van der Waals surface area contributed by atoms with Crippen molar-refractivity contribution in [2.45, 2.75) is 0 Å². The summed E-state index contributed by atoms with van der Waals surface area (Å²) >= 11 is 5.46. The van der Waals surface area contributed by atoms with Gasteiger partial charge in [-0.25, -0.2) is 0 Å². The van der Waals surface area contributed by atoms with Crippen molar-refractivity contribution in [3.05, 3.63) is 23.1 Å². The molecule has 0 saturated heterocycles. The van der Waals surface area contributed by atoms with E-state index in [1.807, 2.05) is 0 Å². The lowest BCUT2D eigenvalue weighted by Gasteiger charge is -1.74. The number of rotatable bonds is 1. The predicted molar refractivity (Wildman–Crippen MR) is 33.1 cm³/mol. The third-order valence-corrected chi connectivity index (χ3v) is 0.971. The van der Waals surface area contributed by atoms with Gasteiger partial charge in [-0.15, -0.1) is 0 Å². The molecule has 0 saturated carbocycles. The normalized spacial score (nSPS) is 10.8. The predicted octanol–water partition coefficient (Wildman–Crippen LogP) is 1.74. The minimum absolute atomic E-state index is 0.433. The Bertz CT molecular complexity index is 218. The fraction of sp³-hybridized carbons (Fsp3) is 0. The van der Waals surface area contributed by atoms with Crippen LogP contribution in [0, 0.1) is 0 Å². The van der Waals surface area contributed by atoms with E-state index in [9.17, 15) is 0 Å². The molecule has 1 N–H and O–H groups in total. The fourth-order valence-corrected chi connectivity index (χ4v) is 0.605. The van der Waals surface area contributed by atoms with E-state index in [-0.39, 0.29) is 0 Å².